The van der Waals surface area contributed by atoms with E-state index in [9.17, 15) is 19.8 Å². The van der Waals surface area contributed by atoms with Crippen molar-refractivity contribution in [1.82, 2.24) is 4.98 Å². The third kappa shape index (κ3) is 2.98. The summed E-state index contributed by atoms with van der Waals surface area (Å²) in [5.74, 6) is -2.32. The molecule has 0 radical (unpaired) electrons. The van der Waals surface area contributed by atoms with E-state index in [2.05, 4.69) is 4.98 Å². The van der Waals surface area contributed by atoms with Gasteiger partial charge in [-0.1, -0.05) is 36.4 Å². The molecule has 0 fully saturated rings. The van der Waals surface area contributed by atoms with Crippen molar-refractivity contribution in [3.63, 3.8) is 0 Å². The van der Waals surface area contributed by atoms with E-state index >= 15 is 0 Å². The zero-order valence-corrected chi connectivity index (χ0v) is 17.7. The zero-order chi connectivity index (χ0) is 17.6. The number of carboxylic acid groups (broad SMARTS) is 2. The van der Waals surface area contributed by atoms with E-state index in [0.717, 1.165) is 27.4 Å². The van der Waals surface area contributed by atoms with Crippen molar-refractivity contribution in [3.05, 3.63) is 71.8 Å². The Morgan fingerprint density at radius 2 is 1.38 bits per heavy atom. The molecule has 0 atom stereocenters. The van der Waals surface area contributed by atoms with Crippen molar-refractivity contribution >= 4 is 33.7 Å². The smallest absolute Gasteiger partial charge is 0.335 e. The Morgan fingerprint density at radius 3 is 2.04 bits per heavy atom. The number of aromatic amines is 1. The fourth-order valence-corrected chi connectivity index (χ4v) is 3.14. The molecule has 4 rings (SSSR count). The van der Waals surface area contributed by atoms with Crippen LogP contribution in [0.4, 0.5) is 0 Å². The average molecular weight is 444 g/mol. The van der Waals surface area contributed by atoms with Crippen LogP contribution >= 0.6 is 0 Å². The van der Waals surface area contributed by atoms with Crippen LogP contribution in [0.2, 0.25) is 0 Å². The van der Waals surface area contributed by atoms with E-state index in [1.165, 1.54) is 18.2 Å². The van der Waals surface area contributed by atoms with Crippen LogP contribution in [0, 0.1) is 0 Å². The summed E-state index contributed by atoms with van der Waals surface area (Å²) in [7, 11) is 0. The minimum atomic E-state index is -1.16. The standard InChI is InChI=1S/C20H13NO4.Cd/c22-19(23)12-8-11(9-13(10-12)20(24)25)14-5-3-6-16-15-4-1-2-7-17(15)21-18(14)16;/h1-10,21H,(H,22,23)(H,24,25);. The summed E-state index contributed by atoms with van der Waals surface area (Å²) < 4.78 is 0. The molecule has 3 N–H and O–H groups in total. The van der Waals surface area contributed by atoms with E-state index in [0.29, 0.717) is 5.56 Å². The minimum Gasteiger partial charge on any atom is -0.478 e. The summed E-state index contributed by atoms with van der Waals surface area (Å²) in [5.41, 5.74) is 3.03. The van der Waals surface area contributed by atoms with Crippen molar-refractivity contribution in [2.45, 2.75) is 0 Å². The van der Waals surface area contributed by atoms with Gasteiger partial charge in [0.25, 0.3) is 0 Å². The largest absolute Gasteiger partial charge is 0.478 e. The van der Waals surface area contributed by atoms with Crippen LogP contribution in [0.15, 0.2) is 60.7 Å². The normalized spacial score (nSPS) is 10.6. The van der Waals surface area contributed by atoms with Crippen molar-refractivity contribution < 1.29 is 47.1 Å². The molecule has 1 heterocycles. The first kappa shape index (κ1) is 18.1. The van der Waals surface area contributed by atoms with Crippen molar-refractivity contribution in [3.8, 4) is 11.1 Å². The van der Waals surface area contributed by atoms with Gasteiger partial charge in [-0.15, -0.1) is 0 Å². The number of H-pyrrole nitrogens is 1. The molecule has 0 bridgehead atoms. The fourth-order valence-electron chi connectivity index (χ4n) is 3.14. The van der Waals surface area contributed by atoms with Crippen molar-refractivity contribution in [2.24, 2.45) is 0 Å². The summed E-state index contributed by atoms with van der Waals surface area (Å²) in [6.07, 6.45) is 0. The third-order valence-electron chi connectivity index (χ3n) is 4.28. The molecule has 1 aromatic heterocycles. The Morgan fingerprint density at radius 1 is 0.769 bits per heavy atom. The van der Waals surface area contributed by atoms with Gasteiger partial charge in [-0.05, 0) is 29.8 Å². The molecule has 0 unspecified atom stereocenters. The first-order valence-corrected chi connectivity index (χ1v) is 7.66. The maximum absolute atomic E-state index is 11.4. The molecule has 3 aromatic carbocycles. The number of fused-ring (bicyclic) bond motifs is 3. The van der Waals surface area contributed by atoms with Crippen LogP contribution in [0.3, 0.4) is 0 Å². The van der Waals surface area contributed by atoms with E-state index < -0.39 is 11.9 Å². The van der Waals surface area contributed by atoms with E-state index in [4.69, 9.17) is 0 Å². The first-order chi connectivity index (χ1) is 12.0. The van der Waals surface area contributed by atoms with Crippen LogP contribution in [0.25, 0.3) is 32.9 Å². The number of benzene rings is 3. The molecule has 0 aliphatic rings. The second kappa shape index (κ2) is 6.91. The molecule has 0 aliphatic heterocycles. The predicted molar refractivity (Wildman–Crippen MR) is 95.2 cm³/mol. The van der Waals surface area contributed by atoms with Gasteiger partial charge in [-0.3, -0.25) is 0 Å². The average Bonchev–Trinajstić information content (AvgIpc) is 3.00. The molecule has 0 saturated carbocycles. The molecule has 5 nitrogen and oxygen atoms in total. The van der Waals surface area contributed by atoms with Crippen LogP contribution in [0.1, 0.15) is 20.7 Å². The number of carboxylic acids is 2. The van der Waals surface area contributed by atoms with Gasteiger partial charge in [0.1, 0.15) is 0 Å². The summed E-state index contributed by atoms with van der Waals surface area (Å²) in [5, 5.41) is 20.6. The van der Waals surface area contributed by atoms with Gasteiger partial charge >= 0.3 is 11.9 Å². The van der Waals surface area contributed by atoms with E-state index in [1.807, 2.05) is 42.5 Å². The number of carbonyl (C=O) groups is 2. The maximum Gasteiger partial charge on any atom is 0.335 e. The maximum atomic E-state index is 11.4. The van der Waals surface area contributed by atoms with Crippen molar-refractivity contribution in [1.29, 1.82) is 0 Å². The summed E-state index contributed by atoms with van der Waals surface area (Å²) in [6.45, 7) is 0. The van der Waals surface area contributed by atoms with Gasteiger partial charge in [-0.25, -0.2) is 9.59 Å². The molecular weight excluding hydrogens is 431 g/mol. The van der Waals surface area contributed by atoms with Gasteiger partial charge < -0.3 is 15.2 Å². The van der Waals surface area contributed by atoms with Gasteiger partial charge in [0, 0.05) is 49.2 Å². The molecule has 0 amide bonds. The van der Waals surface area contributed by atoms with Gasteiger partial charge in [0.15, 0.2) is 0 Å². The van der Waals surface area contributed by atoms with E-state index in [1.54, 1.807) is 0 Å². The number of hydrogen-bond acceptors (Lipinski definition) is 2. The molecular formula is C20H13CdNO4. The first-order valence-electron chi connectivity index (χ1n) is 7.66. The van der Waals surface area contributed by atoms with Gasteiger partial charge in [0.05, 0.1) is 16.6 Å². The Kier molecular flexibility index (Phi) is 4.82. The second-order valence-electron chi connectivity index (χ2n) is 5.81. The number of para-hydroxylation sites is 2. The molecule has 26 heavy (non-hydrogen) atoms. The van der Waals surface area contributed by atoms with Gasteiger partial charge in [-0.2, -0.15) is 0 Å². The summed E-state index contributed by atoms with van der Waals surface area (Å²) >= 11 is 0. The van der Waals surface area contributed by atoms with Crippen molar-refractivity contribution in [2.75, 3.05) is 0 Å². The molecule has 6 heteroatoms. The number of rotatable bonds is 3. The van der Waals surface area contributed by atoms with E-state index in [-0.39, 0.29) is 38.4 Å². The zero-order valence-electron chi connectivity index (χ0n) is 13.7. The Hall–Kier alpha value is -2.68. The minimum absolute atomic E-state index is 0. The van der Waals surface area contributed by atoms with Crippen LogP contribution in [-0.4, -0.2) is 27.1 Å². The Bertz CT molecular complexity index is 1130. The monoisotopic (exact) mass is 445 g/mol. The van der Waals surface area contributed by atoms with Gasteiger partial charge in [0.2, 0.25) is 0 Å². The predicted octanol–water partition coefficient (Wildman–Crippen LogP) is 4.38. The summed E-state index contributed by atoms with van der Waals surface area (Å²) in [4.78, 5) is 26.1. The number of hydrogen-bond donors (Lipinski definition) is 3. The van der Waals surface area contributed by atoms with Crippen LogP contribution < -0.4 is 0 Å². The molecule has 4 aromatic rings. The Labute approximate surface area is 168 Å². The second-order valence-corrected chi connectivity index (χ2v) is 5.81. The molecule has 0 aliphatic carbocycles. The van der Waals surface area contributed by atoms with Crippen LogP contribution in [0.5, 0.6) is 0 Å². The summed E-state index contributed by atoms with van der Waals surface area (Å²) in [6, 6.07) is 17.7. The van der Waals surface area contributed by atoms with Crippen LogP contribution in [-0.2, 0) is 27.3 Å². The molecule has 0 saturated heterocycles. The quantitative estimate of drug-likeness (QED) is 0.410. The molecule has 124 valence electrons. The SMILES string of the molecule is O=C(O)c1cc(C(=O)O)cc(-c2cccc3c2[nH]c2ccccc23)c1.[Cd]. The number of aromatic nitrogens is 1. The topological polar surface area (TPSA) is 90.4 Å². The molecule has 0 spiro atoms. The number of aromatic carboxylic acids is 2. The Balaban J connectivity index is 0.00000196. The third-order valence-corrected chi connectivity index (χ3v) is 4.28. The fraction of sp³-hybridized carbons (Fsp3) is 0. The number of nitrogens with one attached hydrogen (secondary N) is 1.